The normalized spacial score (nSPS) is 10.4. The molecule has 106 valence electrons. The predicted octanol–water partition coefficient (Wildman–Crippen LogP) is -5.25. The van der Waals surface area contributed by atoms with Gasteiger partial charge < -0.3 is 45.5 Å². The molecule has 0 rings (SSSR count). The van der Waals surface area contributed by atoms with Crippen molar-refractivity contribution in [3.63, 3.8) is 0 Å². The van der Waals surface area contributed by atoms with E-state index in [0.29, 0.717) is 0 Å². The van der Waals surface area contributed by atoms with E-state index in [1.54, 1.807) is 0 Å². The molecule has 0 saturated heterocycles. The fraction of sp³-hybridized carbons (Fsp3) is 0. The van der Waals surface area contributed by atoms with Gasteiger partial charge in [-0.3, -0.25) is 0 Å². The molecule has 0 heterocycles. The van der Waals surface area contributed by atoms with Crippen LogP contribution in [0.4, 0.5) is 0 Å². The standard InChI is InChI=1S/ClH.Na.3H3O4P.H/c;;3*1-5(2,3)4;/h1H;;3*(H3,1,2,3,4);/q;+1;;;;-1. The van der Waals surface area contributed by atoms with Gasteiger partial charge in [0, 0.05) is 0 Å². The van der Waals surface area contributed by atoms with Crippen LogP contribution in [0.2, 0.25) is 0 Å². The molecule has 0 saturated carbocycles. The second kappa shape index (κ2) is 12.6. The molecule has 0 aromatic rings. The van der Waals surface area contributed by atoms with E-state index in [4.69, 9.17) is 57.7 Å². The molecule has 0 aliphatic heterocycles. The summed E-state index contributed by atoms with van der Waals surface area (Å²) in [5.41, 5.74) is 0. The third kappa shape index (κ3) is 1640. The van der Waals surface area contributed by atoms with Gasteiger partial charge in [0.1, 0.15) is 0 Å². The Morgan fingerprint density at radius 3 is 0.529 bits per heavy atom. The Labute approximate surface area is 124 Å². The van der Waals surface area contributed by atoms with Crippen molar-refractivity contribution in [2.75, 3.05) is 0 Å². The first-order valence-electron chi connectivity index (χ1n) is 2.35. The topological polar surface area (TPSA) is 233 Å². The zero-order valence-corrected chi connectivity index (χ0v) is 13.5. The van der Waals surface area contributed by atoms with Gasteiger partial charge in [-0.05, 0) is 0 Å². The largest absolute Gasteiger partial charge is 1.00 e. The van der Waals surface area contributed by atoms with Gasteiger partial charge in [0.2, 0.25) is 0 Å². The molecule has 0 aromatic carbocycles. The molecule has 17 heteroatoms. The maximum Gasteiger partial charge on any atom is 1.00 e. The first-order valence-corrected chi connectivity index (χ1v) is 7.04. The summed E-state index contributed by atoms with van der Waals surface area (Å²) in [7, 11) is -13.9. The Hall–Kier alpha value is 1.62. The first kappa shape index (κ1) is 31.2. The third-order valence-electron chi connectivity index (χ3n) is 0. The molecule has 17 heavy (non-hydrogen) atoms. The Bertz CT molecular complexity index is 213. The van der Waals surface area contributed by atoms with Gasteiger partial charge in [-0.25, -0.2) is 13.7 Å². The molecule has 0 radical (unpaired) electrons. The Kier molecular flexibility index (Phi) is 23.2. The molecule has 0 aliphatic rings. The Balaban J connectivity index is -0.0000000277. The van der Waals surface area contributed by atoms with Crippen molar-refractivity contribution in [3.05, 3.63) is 0 Å². The first-order chi connectivity index (χ1) is 6.00. The van der Waals surface area contributed by atoms with E-state index in [-0.39, 0.29) is 43.4 Å². The van der Waals surface area contributed by atoms with Crippen LogP contribution in [0.3, 0.4) is 0 Å². The molecule has 0 fully saturated rings. The van der Waals surface area contributed by atoms with Crippen molar-refractivity contribution in [1.82, 2.24) is 0 Å². The average molecular weight is 354 g/mol. The van der Waals surface area contributed by atoms with E-state index in [1.807, 2.05) is 0 Å². The minimum atomic E-state index is -4.64. The molecule has 0 bridgehead atoms. The number of hydrogen-bond donors (Lipinski definition) is 9. The van der Waals surface area contributed by atoms with E-state index in [2.05, 4.69) is 0 Å². The molecule has 12 nitrogen and oxygen atoms in total. The summed E-state index contributed by atoms with van der Waals surface area (Å²) in [5.74, 6) is 0. The van der Waals surface area contributed by atoms with Gasteiger partial charge in [-0.15, -0.1) is 12.4 Å². The van der Waals surface area contributed by atoms with Gasteiger partial charge in [0.05, 0.1) is 0 Å². The minimum Gasteiger partial charge on any atom is -1.00 e. The molecule has 0 spiro atoms. The van der Waals surface area contributed by atoms with Gasteiger partial charge in [-0.2, -0.15) is 0 Å². The summed E-state index contributed by atoms with van der Waals surface area (Å²) in [4.78, 5) is 64.7. The second-order valence-electron chi connectivity index (χ2n) is 1.54. The molecule has 0 aromatic heterocycles. The molecular formula is H11ClNaO12P3. The SMILES string of the molecule is Cl.O=P(O)(O)O.O=P(O)(O)O.O=P(O)(O)O.[H-].[Na+]. The van der Waals surface area contributed by atoms with E-state index in [9.17, 15) is 0 Å². The van der Waals surface area contributed by atoms with Crippen LogP contribution in [0, 0.1) is 0 Å². The third-order valence-corrected chi connectivity index (χ3v) is 0. The predicted molar refractivity (Wildman–Crippen MR) is 51.1 cm³/mol. The van der Waals surface area contributed by atoms with Crippen molar-refractivity contribution in [2.24, 2.45) is 0 Å². The summed E-state index contributed by atoms with van der Waals surface area (Å²) >= 11 is 0. The van der Waals surface area contributed by atoms with Gasteiger partial charge in [-0.1, -0.05) is 0 Å². The smallest absolute Gasteiger partial charge is 1.00 e. The summed E-state index contributed by atoms with van der Waals surface area (Å²) in [5, 5.41) is 0. The van der Waals surface area contributed by atoms with Gasteiger partial charge in [0.25, 0.3) is 0 Å². The van der Waals surface area contributed by atoms with Crippen LogP contribution in [0.5, 0.6) is 0 Å². The minimum absolute atomic E-state index is 0. The molecule has 0 atom stereocenters. The van der Waals surface area contributed by atoms with Crippen molar-refractivity contribution in [3.8, 4) is 0 Å². The van der Waals surface area contributed by atoms with Gasteiger partial charge in [0.15, 0.2) is 0 Å². The van der Waals surface area contributed by atoms with Crippen molar-refractivity contribution in [1.29, 1.82) is 0 Å². The van der Waals surface area contributed by atoms with E-state index in [1.165, 1.54) is 0 Å². The van der Waals surface area contributed by atoms with Crippen LogP contribution in [-0.4, -0.2) is 44.0 Å². The zero-order valence-electron chi connectivity index (χ0n) is 9.00. The summed E-state index contributed by atoms with van der Waals surface area (Å²) < 4.78 is 26.6. The van der Waals surface area contributed by atoms with Crippen molar-refractivity contribution >= 4 is 35.9 Å². The van der Waals surface area contributed by atoms with Crippen molar-refractivity contribution in [2.45, 2.75) is 0 Å². The van der Waals surface area contributed by atoms with Crippen LogP contribution in [0.15, 0.2) is 0 Å². The fourth-order valence-corrected chi connectivity index (χ4v) is 0. The number of rotatable bonds is 0. The average Bonchev–Trinajstić information content (AvgIpc) is 1.41. The fourth-order valence-electron chi connectivity index (χ4n) is 0. The van der Waals surface area contributed by atoms with Crippen LogP contribution in [0.25, 0.3) is 0 Å². The molecule has 0 unspecified atom stereocenters. The van der Waals surface area contributed by atoms with Crippen LogP contribution >= 0.6 is 35.9 Å². The number of phosphoric acid groups is 3. The van der Waals surface area contributed by atoms with Crippen LogP contribution in [-0.2, 0) is 13.7 Å². The molecule has 9 N–H and O–H groups in total. The maximum absolute atomic E-state index is 8.88. The van der Waals surface area contributed by atoms with Gasteiger partial charge >= 0.3 is 53.0 Å². The summed E-state index contributed by atoms with van der Waals surface area (Å²) in [6.07, 6.45) is 0. The van der Waals surface area contributed by atoms with Crippen LogP contribution in [0.1, 0.15) is 1.43 Å². The maximum atomic E-state index is 8.88. The van der Waals surface area contributed by atoms with E-state index < -0.39 is 23.5 Å². The van der Waals surface area contributed by atoms with E-state index in [0.717, 1.165) is 0 Å². The number of hydrogen-bond acceptors (Lipinski definition) is 3. The van der Waals surface area contributed by atoms with Crippen molar-refractivity contribution < 1.29 is 88.7 Å². The quantitative estimate of drug-likeness (QED) is 0.146. The molecule has 0 amide bonds. The van der Waals surface area contributed by atoms with E-state index >= 15 is 0 Å². The molecular weight excluding hydrogens is 343 g/mol. The molecule has 0 aliphatic carbocycles. The van der Waals surface area contributed by atoms with Crippen LogP contribution < -0.4 is 29.6 Å². The zero-order chi connectivity index (χ0) is 13.5. The summed E-state index contributed by atoms with van der Waals surface area (Å²) in [6.45, 7) is 0. The monoisotopic (exact) mass is 354 g/mol. The second-order valence-corrected chi connectivity index (χ2v) is 4.62. The Morgan fingerprint density at radius 1 is 0.529 bits per heavy atom. The number of halogens is 1. The Morgan fingerprint density at radius 2 is 0.529 bits per heavy atom. The summed E-state index contributed by atoms with van der Waals surface area (Å²) in [6, 6.07) is 0.